The fourth-order valence-electron chi connectivity index (χ4n) is 8.18. The predicted octanol–water partition coefficient (Wildman–Crippen LogP) is 12.2. The summed E-state index contributed by atoms with van der Waals surface area (Å²) in [5, 5.41) is 13.4. The average Bonchev–Trinajstić information content (AvgIpc) is 3.93. The third kappa shape index (κ3) is 3.42. The molecule has 0 aliphatic rings. The predicted molar refractivity (Wildman–Crippen MR) is 205 cm³/mol. The number of rotatable bonds is 3. The molecule has 0 spiro atoms. The first kappa shape index (κ1) is 26.0. The van der Waals surface area contributed by atoms with Crippen LogP contribution in [0.1, 0.15) is 0 Å². The summed E-state index contributed by atoms with van der Waals surface area (Å²) < 4.78 is 7.37. The lowest BCUT2D eigenvalue weighted by Gasteiger charge is -2.14. The highest BCUT2D eigenvalue weighted by Crippen LogP contribution is 2.43. The van der Waals surface area contributed by atoms with E-state index in [1.165, 1.54) is 86.9 Å². The number of thiophene rings is 1. The number of fused-ring (bicyclic) bond motifs is 11. The second kappa shape index (κ2) is 9.71. The summed E-state index contributed by atoms with van der Waals surface area (Å²) in [7, 11) is 0. The lowest BCUT2D eigenvalue weighted by atomic mass is 10.0. The maximum atomic E-state index is 2.48. The van der Waals surface area contributed by atoms with Crippen molar-refractivity contribution in [3.8, 4) is 16.4 Å². The molecule has 7 aromatic carbocycles. The van der Waals surface area contributed by atoms with Crippen molar-refractivity contribution >= 4 is 87.5 Å². The van der Waals surface area contributed by atoms with Crippen LogP contribution in [0, 0.1) is 0 Å². The van der Waals surface area contributed by atoms with Crippen molar-refractivity contribution in [3.05, 3.63) is 163 Å². The molecule has 3 nitrogen and oxygen atoms in total. The first-order valence-electron chi connectivity index (χ1n) is 16.4. The molecule has 0 radical (unpaired) electrons. The number of aromatic nitrogens is 3. The van der Waals surface area contributed by atoms with Crippen molar-refractivity contribution in [1.29, 1.82) is 0 Å². The van der Waals surface area contributed by atoms with Crippen molar-refractivity contribution in [1.82, 2.24) is 13.7 Å². The highest BCUT2D eigenvalue weighted by molar-refractivity contribution is 7.12. The summed E-state index contributed by atoms with van der Waals surface area (Å²) >= 11 is 1.78. The first-order chi connectivity index (χ1) is 23.8. The van der Waals surface area contributed by atoms with E-state index in [1.807, 2.05) is 0 Å². The van der Waals surface area contributed by atoms with Gasteiger partial charge in [0.05, 0.1) is 43.8 Å². The zero-order valence-electron chi connectivity index (χ0n) is 25.8. The average molecular weight is 630 g/mol. The molecule has 224 valence electrons. The summed E-state index contributed by atoms with van der Waals surface area (Å²) in [6.45, 7) is 0. The maximum absolute atomic E-state index is 2.48. The van der Waals surface area contributed by atoms with Gasteiger partial charge in [-0.15, -0.1) is 11.3 Å². The molecule has 0 saturated heterocycles. The van der Waals surface area contributed by atoms with Crippen LogP contribution in [-0.2, 0) is 0 Å². The smallest absolute Gasteiger partial charge is 0.1000 e. The molecule has 4 heterocycles. The van der Waals surface area contributed by atoms with E-state index >= 15 is 0 Å². The van der Waals surface area contributed by atoms with Crippen LogP contribution < -0.4 is 0 Å². The van der Waals surface area contributed by atoms with Crippen LogP contribution in [0.15, 0.2) is 163 Å². The normalized spacial score (nSPS) is 12.2. The number of benzene rings is 7. The second-order valence-electron chi connectivity index (χ2n) is 12.6. The van der Waals surface area contributed by atoms with Crippen molar-refractivity contribution in [2.24, 2.45) is 0 Å². The summed E-state index contributed by atoms with van der Waals surface area (Å²) in [6.07, 6.45) is 0. The molecule has 11 aromatic rings. The van der Waals surface area contributed by atoms with E-state index in [0.717, 1.165) is 5.69 Å². The fourth-order valence-corrected chi connectivity index (χ4v) is 8.92. The van der Waals surface area contributed by atoms with Gasteiger partial charge < -0.3 is 13.7 Å². The van der Waals surface area contributed by atoms with Crippen LogP contribution in [0.3, 0.4) is 0 Å². The molecule has 0 saturated carbocycles. The molecule has 0 atom stereocenters. The third-order valence-corrected chi connectivity index (χ3v) is 11.0. The van der Waals surface area contributed by atoms with Gasteiger partial charge in [0, 0.05) is 48.8 Å². The molecule has 0 unspecified atom stereocenters. The van der Waals surface area contributed by atoms with E-state index < -0.39 is 0 Å². The standard InChI is InChI=1S/C44H27N3S/c1-2-17-34-33(16-1)42(46-39-20-9-5-14-31(39)32-15-6-10-21-40(32)46)27-36-35-26-28(23-24-41(35)47(44(34)36)43-22-11-25-48-43)45-37-18-7-3-12-29(37)30-13-4-8-19-38(30)45/h1-27H. The van der Waals surface area contributed by atoms with E-state index in [9.17, 15) is 0 Å². The molecule has 0 fully saturated rings. The molecule has 48 heavy (non-hydrogen) atoms. The SMILES string of the molecule is c1csc(-n2c3ccc(-n4c5ccccc5c5ccccc54)cc3c3cc(-n4c5ccccc5c5ccccc54)c4ccccc4c32)c1. The maximum Gasteiger partial charge on any atom is 0.1000 e. The molecule has 4 heteroatoms. The van der Waals surface area contributed by atoms with Crippen LogP contribution in [0.25, 0.3) is 92.6 Å². The molecule has 4 aromatic heterocycles. The molecule has 0 aliphatic heterocycles. The Morgan fingerprint density at radius 2 is 0.833 bits per heavy atom. The van der Waals surface area contributed by atoms with Crippen LogP contribution in [0.4, 0.5) is 0 Å². The number of hydrogen-bond donors (Lipinski definition) is 0. The monoisotopic (exact) mass is 629 g/mol. The van der Waals surface area contributed by atoms with Crippen LogP contribution >= 0.6 is 11.3 Å². The van der Waals surface area contributed by atoms with Crippen molar-refractivity contribution < 1.29 is 0 Å². The molecular weight excluding hydrogens is 603 g/mol. The summed E-state index contributed by atoms with van der Waals surface area (Å²) in [5.41, 5.74) is 9.69. The zero-order chi connectivity index (χ0) is 31.3. The Morgan fingerprint density at radius 1 is 0.333 bits per heavy atom. The first-order valence-corrected chi connectivity index (χ1v) is 17.2. The van der Waals surface area contributed by atoms with Gasteiger partial charge in [-0.2, -0.15) is 0 Å². The minimum absolute atomic E-state index is 1.16. The second-order valence-corrected chi connectivity index (χ2v) is 13.5. The number of para-hydroxylation sites is 4. The number of hydrogen-bond acceptors (Lipinski definition) is 1. The molecule has 11 rings (SSSR count). The van der Waals surface area contributed by atoms with Crippen LogP contribution in [0.2, 0.25) is 0 Å². The van der Waals surface area contributed by atoms with Gasteiger partial charge in [0.25, 0.3) is 0 Å². The quantitative estimate of drug-likeness (QED) is 0.185. The summed E-state index contributed by atoms with van der Waals surface area (Å²) in [5.74, 6) is 0. The van der Waals surface area contributed by atoms with Gasteiger partial charge >= 0.3 is 0 Å². The van der Waals surface area contributed by atoms with Gasteiger partial charge in [0.1, 0.15) is 0 Å². The van der Waals surface area contributed by atoms with Crippen molar-refractivity contribution in [2.75, 3.05) is 0 Å². The lowest BCUT2D eigenvalue weighted by molar-refractivity contribution is 1.18. The molecule has 0 N–H and O–H groups in total. The van der Waals surface area contributed by atoms with Gasteiger partial charge in [0.15, 0.2) is 0 Å². The van der Waals surface area contributed by atoms with Crippen LogP contribution in [0.5, 0.6) is 0 Å². The molecular formula is C44H27N3S. The van der Waals surface area contributed by atoms with Crippen molar-refractivity contribution in [2.45, 2.75) is 0 Å². The van der Waals surface area contributed by atoms with E-state index in [0.29, 0.717) is 0 Å². The van der Waals surface area contributed by atoms with E-state index in [-0.39, 0.29) is 0 Å². The Kier molecular flexibility index (Phi) is 5.26. The van der Waals surface area contributed by atoms with Gasteiger partial charge in [-0.05, 0) is 66.0 Å². The molecule has 0 bridgehead atoms. The minimum Gasteiger partial charge on any atom is -0.309 e. The summed E-state index contributed by atoms with van der Waals surface area (Å²) in [6, 6.07) is 57.9. The van der Waals surface area contributed by atoms with E-state index in [2.05, 4.69) is 177 Å². The molecule has 0 amide bonds. The summed E-state index contributed by atoms with van der Waals surface area (Å²) in [4.78, 5) is 0. The Bertz CT molecular complexity index is 2950. The lowest BCUT2D eigenvalue weighted by Crippen LogP contribution is -1.97. The Balaban J connectivity index is 1.32. The largest absolute Gasteiger partial charge is 0.309 e. The highest BCUT2D eigenvalue weighted by Gasteiger charge is 2.22. The number of nitrogens with zero attached hydrogens (tertiary/aromatic N) is 3. The van der Waals surface area contributed by atoms with Gasteiger partial charge in [-0.3, -0.25) is 0 Å². The zero-order valence-corrected chi connectivity index (χ0v) is 26.7. The van der Waals surface area contributed by atoms with Gasteiger partial charge in [-0.1, -0.05) is 97.1 Å². The van der Waals surface area contributed by atoms with E-state index in [1.54, 1.807) is 11.3 Å². The van der Waals surface area contributed by atoms with Crippen LogP contribution in [-0.4, -0.2) is 13.7 Å². The topological polar surface area (TPSA) is 14.8 Å². The minimum atomic E-state index is 1.16. The Morgan fingerprint density at radius 3 is 1.40 bits per heavy atom. The Labute approximate surface area is 279 Å². The van der Waals surface area contributed by atoms with Gasteiger partial charge in [0.2, 0.25) is 0 Å². The molecule has 0 aliphatic carbocycles. The van der Waals surface area contributed by atoms with Gasteiger partial charge in [-0.25, -0.2) is 0 Å². The third-order valence-electron chi connectivity index (χ3n) is 10.1. The van der Waals surface area contributed by atoms with Crippen molar-refractivity contribution in [3.63, 3.8) is 0 Å². The van der Waals surface area contributed by atoms with E-state index in [4.69, 9.17) is 0 Å². The highest BCUT2D eigenvalue weighted by atomic mass is 32.1. The fraction of sp³-hybridized carbons (Fsp3) is 0. The Hall–Kier alpha value is -6.10.